The maximum Gasteiger partial charge on any atom is 0.326 e. The Morgan fingerprint density at radius 1 is 0.947 bits per heavy atom. The highest BCUT2D eigenvalue weighted by Crippen LogP contribution is 2.26. The molecule has 1 unspecified atom stereocenters. The molecule has 1 atom stereocenters. The topological polar surface area (TPSA) is 110 Å². The fourth-order valence-electron chi connectivity index (χ4n) is 4.51. The molecule has 1 aliphatic heterocycles. The van der Waals surface area contributed by atoms with Crippen LogP contribution in [0.3, 0.4) is 0 Å². The van der Waals surface area contributed by atoms with Crippen LogP contribution in [0.1, 0.15) is 40.4 Å². The number of esters is 1. The second-order valence-corrected chi connectivity index (χ2v) is 12.0. The first-order chi connectivity index (χ1) is 17.9. The van der Waals surface area contributed by atoms with Crippen LogP contribution in [0.5, 0.6) is 0 Å². The fourth-order valence-corrected chi connectivity index (χ4v) is 5.00. The molecule has 0 aromatic heterocycles. The molecule has 0 saturated heterocycles. The number of anilines is 2. The zero-order chi connectivity index (χ0) is 27.5. The number of carbonyl (C=O) groups excluding carboxylic acids is 2. The summed E-state index contributed by atoms with van der Waals surface area (Å²) in [7, 11) is -2.19. The lowest BCUT2D eigenvalue weighted by Crippen LogP contribution is -2.48. The normalized spacial score (nSPS) is 19.1. The summed E-state index contributed by atoms with van der Waals surface area (Å²) in [5, 5.41) is 0. The van der Waals surface area contributed by atoms with Crippen molar-refractivity contribution in [2.45, 2.75) is 38.3 Å². The molecule has 8 nitrogen and oxygen atoms in total. The monoisotopic (exact) mass is 535 g/mol. The van der Waals surface area contributed by atoms with Crippen LogP contribution < -0.4 is 14.9 Å². The van der Waals surface area contributed by atoms with Gasteiger partial charge in [0.2, 0.25) is 10.0 Å². The van der Waals surface area contributed by atoms with Crippen molar-refractivity contribution >= 4 is 33.3 Å². The summed E-state index contributed by atoms with van der Waals surface area (Å²) in [6.07, 6.45) is 2.81. The Morgan fingerprint density at radius 2 is 1.66 bits per heavy atom. The molecule has 2 N–H and O–H groups in total. The van der Waals surface area contributed by atoms with Crippen LogP contribution in [0.2, 0.25) is 0 Å². The summed E-state index contributed by atoms with van der Waals surface area (Å²) in [6, 6.07) is 22.1. The van der Waals surface area contributed by atoms with E-state index < -0.39 is 21.5 Å². The zero-order valence-corrected chi connectivity index (χ0v) is 22.7. The lowest BCUT2D eigenvalue weighted by molar-refractivity contribution is -0.150. The van der Waals surface area contributed by atoms with Crippen molar-refractivity contribution in [3.63, 3.8) is 0 Å². The second-order valence-electron chi connectivity index (χ2n) is 10.0. The Labute approximate surface area is 224 Å². The van der Waals surface area contributed by atoms with E-state index in [0.29, 0.717) is 30.6 Å². The summed E-state index contributed by atoms with van der Waals surface area (Å²) >= 11 is 0. The number of amides is 1. The molecule has 3 aromatic rings. The number of aryl methyl sites for hydroxylation is 1. The predicted molar refractivity (Wildman–Crippen MR) is 149 cm³/mol. The van der Waals surface area contributed by atoms with Crippen LogP contribution in [0.15, 0.2) is 72.8 Å². The molecule has 4 rings (SSSR count). The van der Waals surface area contributed by atoms with Crippen LogP contribution in [0.25, 0.3) is 0 Å². The number of hydrogen-bond donors (Lipinski definition) is 1. The third-order valence-corrected chi connectivity index (χ3v) is 7.85. The molecule has 38 heavy (non-hydrogen) atoms. The van der Waals surface area contributed by atoms with Gasteiger partial charge >= 0.3 is 5.97 Å². The van der Waals surface area contributed by atoms with Crippen molar-refractivity contribution in [1.82, 2.24) is 0 Å². The molecule has 0 spiro atoms. The van der Waals surface area contributed by atoms with Gasteiger partial charge in [-0.25, -0.2) is 8.42 Å². The predicted octanol–water partition coefficient (Wildman–Crippen LogP) is 3.68. The molecule has 200 valence electrons. The van der Waals surface area contributed by atoms with Gasteiger partial charge in [0.05, 0.1) is 11.9 Å². The van der Waals surface area contributed by atoms with Gasteiger partial charge in [0.25, 0.3) is 5.91 Å². The molecule has 1 aliphatic rings. The fraction of sp³-hybridized carbons (Fsp3) is 0.310. The summed E-state index contributed by atoms with van der Waals surface area (Å²) in [5.74, 6) is -0.868. The lowest BCUT2D eigenvalue weighted by atomic mass is 9.92. The van der Waals surface area contributed by atoms with Gasteiger partial charge in [0.15, 0.2) is 0 Å². The molecule has 3 aromatic carbocycles. The highest BCUT2D eigenvalue weighted by molar-refractivity contribution is 7.92. The van der Waals surface area contributed by atoms with Crippen molar-refractivity contribution in [1.29, 1.82) is 0 Å². The van der Waals surface area contributed by atoms with Gasteiger partial charge < -0.3 is 15.4 Å². The van der Waals surface area contributed by atoms with Gasteiger partial charge in [-0.3, -0.25) is 13.9 Å². The average Bonchev–Trinajstić information content (AvgIpc) is 2.88. The molecule has 1 amide bonds. The number of hydrogen-bond acceptors (Lipinski definition) is 6. The Bertz CT molecular complexity index is 1440. The third kappa shape index (κ3) is 6.41. The van der Waals surface area contributed by atoms with Crippen LogP contribution >= 0.6 is 0 Å². The van der Waals surface area contributed by atoms with Gasteiger partial charge in [0.1, 0.15) is 12.1 Å². The van der Waals surface area contributed by atoms with Gasteiger partial charge in [0, 0.05) is 31.3 Å². The van der Waals surface area contributed by atoms with E-state index in [2.05, 4.69) is 0 Å². The van der Waals surface area contributed by atoms with E-state index in [-0.39, 0.29) is 18.1 Å². The van der Waals surface area contributed by atoms with Crippen LogP contribution in [-0.2, 0) is 39.0 Å². The quantitative estimate of drug-likeness (QED) is 0.513. The number of nitrogens with zero attached hydrogens (tertiary/aromatic N) is 2. The Balaban J connectivity index is 1.80. The number of para-hydroxylation sites is 1. The van der Waals surface area contributed by atoms with Gasteiger partial charge in [-0.15, -0.1) is 0 Å². The largest absolute Gasteiger partial charge is 0.459 e. The molecule has 9 heteroatoms. The van der Waals surface area contributed by atoms with Crippen LogP contribution in [0, 0.1) is 0 Å². The summed E-state index contributed by atoms with van der Waals surface area (Å²) < 4.78 is 31.3. The number of benzene rings is 3. The lowest BCUT2D eigenvalue weighted by Gasteiger charge is -2.26. The minimum Gasteiger partial charge on any atom is -0.459 e. The van der Waals surface area contributed by atoms with Crippen molar-refractivity contribution in [3.8, 4) is 0 Å². The summed E-state index contributed by atoms with van der Waals surface area (Å²) in [5.41, 5.74) is 8.91. The highest BCUT2D eigenvalue weighted by atomic mass is 32.2. The highest BCUT2D eigenvalue weighted by Gasteiger charge is 2.31. The molecule has 0 fully saturated rings. The van der Waals surface area contributed by atoms with Crippen LogP contribution in [-0.4, -0.2) is 45.7 Å². The molecule has 0 saturated carbocycles. The first-order valence-electron chi connectivity index (χ1n) is 12.4. The number of fused-ring (bicyclic) bond motifs is 4. The standard InChI is InChI=1S/C29H33N3O5S/c1-29(30)19-22-10-7-9-21(15-22)11-8-14-32(25-12-5-4-6-13-25)27(33)24-16-23(20-37-28(29)34)17-26(18-24)31(2)38(3,35)36/h4-7,9-10,12-13,15-18H,8,11,14,19-20,30H2,1-3H3. The number of rotatable bonds is 3. The molecule has 0 aliphatic carbocycles. The van der Waals surface area contributed by atoms with Crippen molar-refractivity contribution in [3.05, 3.63) is 95.1 Å². The van der Waals surface area contributed by atoms with E-state index in [0.717, 1.165) is 33.8 Å². The molecular formula is C29H33N3O5S. The van der Waals surface area contributed by atoms with Gasteiger partial charge in [-0.2, -0.15) is 0 Å². The Morgan fingerprint density at radius 3 is 2.37 bits per heavy atom. The summed E-state index contributed by atoms with van der Waals surface area (Å²) in [4.78, 5) is 28.6. The van der Waals surface area contributed by atoms with E-state index in [1.54, 1.807) is 30.0 Å². The molecule has 0 radical (unpaired) electrons. The van der Waals surface area contributed by atoms with E-state index in [9.17, 15) is 18.0 Å². The first kappa shape index (κ1) is 27.3. The Hall–Kier alpha value is -3.69. The third-order valence-electron chi connectivity index (χ3n) is 6.64. The van der Waals surface area contributed by atoms with E-state index >= 15 is 0 Å². The molecular weight excluding hydrogens is 502 g/mol. The van der Waals surface area contributed by atoms with E-state index in [1.165, 1.54) is 7.05 Å². The first-order valence-corrected chi connectivity index (χ1v) is 14.3. The van der Waals surface area contributed by atoms with Crippen molar-refractivity contribution in [2.24, 2.45) is 5.73 Å². The maximum atomic E-state index is 13.9. The summed E-state index contributed by atoms with van der Waals surface area (Å²) in [6.45, 7) is 1.92. The Kier molecular flexibility index (Phi) is 7.89. The smallest absolute Gasteiger partial charge is 0.326 e. The number of nitrogens with two attached hydrogens (primary N) is 1. The number of cyclic esters (lactones) is 1. The minimum atomic E-state index is -3.60. The van der Waals surface area contributed by atoms with Gasteiger partial charge in [-0.1, -0.05) is 42.5 Å². The molecule has 1 heterocycles. The molecule has 4 bridgehead atoms. The minimum absolute atomic E-state index is 0.164. The zero-order valence-electron chi connectivity index (χ0n) is 21.9. The van der Waals surface area contributed by atoms with Crippen molar-refractivity contribution < 1.29 is 22.7 Å². The van der Waals surface area contributed by atoms with Crippen molar-refractivity contribution in [2.75, 3.05) is 29.1 Å². The van der Waals surface area contributed by atoms with E-state index in [1.807, 2.05) is 54.6 Å². The maximum absolute atomic E-state index is 13.9. The average molecular weight is 536 g/mol. The van der Waals surface area contributed by atoms with Crippen LogP contribution in [0.4, 0.5) is 11.4 Å². The number of sulfonamides is 1. The number of ether oxygens (including phenoxy) is 1. The van der Waals surface area contributed by atoms with E-state index in [4.69, 9.17) is 10.5 Å². The second kappa shape index (κ2) is 11.0. The van der Waals surface area contributed by atoms with Gasteiger partial charge in [-0.05, 0) is 66.8 Å². The number of carbonyl (C=O) groups is 2. The SMILES string of the molecule is CN(c1cc2cc(c1)C(=O)N(c1ccccc1)CCCc1cccc(c1)CC(C)(N)C(=O)OC2)S(C)(=O)=O.